The van der Waals surface area contributed by atoms with Gasteiger partial charge in [0.25, 0.3) is 0 Å². The van der Waals surface area contributed by atoms with Gasteiger partial charge in [-0.3, -0.25) is 4.79 Å². The lowest BCUT2D eigenvalue weighted by atomic mass is 9.97. The maximum absolute atomic E-state index is 11.8. The molecule has 0 spiro atoms. The highest BCUT2D eigenvalue weighted by Gasteiger charge is 2.43. The van der Waals surface area contributed by atoms with Gasteiger partial charge in [0, 0.05) is 6.42 Å². The molecule has 5 nitrogen and oxygen atoms in total. The molecule has 4 N–H and O–H groups in total. The van der Waals surface area contributed by atoms with Gasteiger partial charge in [0.2, 0.25) is 5.91 Å². The number of ether oxygens (including phenoxy) is 2. The molecule has 0 aliphatic carbocycles. The van der Waals surface area contributed by atoms with Gasteiger partial charge in [-0.2, -0.15) is 0 Å². The molecule has 0 saturated carbocycles. The standard InChI is InChI=1S/C27H56N2O3/c1-6-7-8-9-10-11-12-13-14-15-16-17-18-19-20-21-22-27(31-23(2)3,32-24(4)5)25(28)26(29)30/h23-25H,6-22,28H2,1-5H3,(H2,29,30). The molecule has 0 radical (unpaired) electrons. The summed E-state index contributed by atoms with van der Waals surface area (Å²) in [6.07, 6.45) is 21.5. The van der Waals surface area contributed by atoms with Crippen molar-refractivity contribution in [2.45, 2.75) is 168 Å². The monoisotopic (exact) mass is 456 g/mol. The lowest BCUT2D eigenvalue weighted by Crippen LogP contribution is -2.60. The molecule has 0 fully saturated rings. The molecule has 1 atom stereocenters. The highest BCUT2D eigenvalue weighted by atomic mass is 16.7. The predicted molar refractivity (Wildman–Crippen MR) is 137 cm³/mol. The lowest BCUT2D eigenvalue weighted by Gasteiger charge is -2.40. The molecule has 0 heterocycles. The van der Waals surface area contributed by atoms with E-state index in [2.05, 4.69) is 6.92 Å². The highest BCUT2D eigenvalue weighted by Crippen LogP contribution is 2.28. The fraction of sp³-hybridized carbons (Fsp3) is 0.963. The number of unbranched alkanes of at least 4 members (excludes halogenated alkanes) is 15. The second-order valence-corrected chi connectivity index (χ2v) is 10.1. The third kappa shape index (κ3) is 16.0. The van der Waals surface area contributed by atoms with Gasteiger partial charge in [-0.15, -0.1) is 0 Å². The first kappa shape index (κ1) is 31.4. The second-order valence-electron chi connectivity index (χ2n) is 10.1. The first-order valence-electron chi connectivity index (χ1n) is 13.7. The topological polar surface area (TPSA) is 87.6 Å². The minimum absolute atomic E-state index is 0.0970. The molecular formula is C27H56N2O3. The van der Waals surface area contributed by atoms with Crippen LogP contribution in [0.2, 0.25) is 0 Å². The Kier molecular flexibility index (Phi) is 19.4. The van der Waals surface area contributed by atoms with Crippen LogP contribution in [-0.2, 0) is 14.3 Å². The molecular weight excluding hydrogens is 400 g/mol. The fourth-order valence-corrected chi connectivity index (χ4v) is 4.38. The number of amides is 1. The summed E-state index contributed by atoms with van der Waals surface area (Å²) >= 11 is 0. The zero-order chi connectivity index (χ0) is 24.2. The Balaban J connectivity index is 3.94. The molecule has 1 unspecified atom stereocenters. The van der Waals surface area contributed by atoms with Crippen LogP contribution in [0, 0.1) is 0 Å². The molecule has 0 aromatic carbocycles. The largest absolute Gasteiger partial charge is 0.368 e. The summed E-state index contributed by atoms with van der Waals surface area (Å²) in [5.41, 5.74) is 11.6. The van der Waals surface area contributed by atoms with Crippen LogP contribution >= 0.6 is 0 Å². The molecule has 32 heavy (non-hydrogen) atoms. The quantitative estimate of drug-likeness (QED) is 0.128. The molecule has 0 aliphatic heterocycles. The molecule has 0 saturated heterocycles. The van der Waals surface area contributed by atoms with Crippen molar-refractivity contribution >= 4 is 5.91 Å². The maximum Gasteiger partial charge on any atom is 0.239 e. The first-order valence-corrected chi connectivity index (χ1v) is 13.7. The van der Waals surface area contributed by atoms with E-state index in [0.29, 0.717) is 6.42 Å². The van der Waals surface area contributed by atoms with Gasteiger partial charge < -0.3 is 20.9 Å². The van der Waals surface area contributed by atoms with Crippen LogP contribution < -0.4 is 11.5 Å². The molecule has 0 aliphatic rings. The Morgan fingerprint density at radius 3 is 1.25 bits per heavy atom. The van der Waals surface area contributed by atoms with Gasteiger partial charge in [0.05, 0.1) is 12.2 Å². The zero-order valence-electron chi connectivity index (χ0n) is 22.1. The number of hydrogen-bond acceptors (Lipinski definition) is 4. The summed E-state index contributed by atoms with van der Waals surface area (Å²) in [5, 5.41) is 0. The van der Waals surface area contributed by atoms with Gasteiger partial charge in [-0.1, -0.05) is 103 Å². The number of carbonyl (C=O) groups is 1. The number of nitrogens with two attached hydrogens (primary N) is 2. The SMILES string of the molecule is CCCCCCCCCCCCCCCCCCC(OC(C)C)(OC(C)C)C(N)C(N)=O. The second kappa shape index (κ2) is 19.8. The normalized spacial score (nSPS) is 13.2. The Labute approximate surface area is 199 Å². The summed E-state index contributed by atoms with van der Waals surface area (Å²) in [6, 6.07) is -0.969. The van der Waals surface area contributed by atoms with E-state index in [0.717, 1.165) is 12.8 Å². The lowest BCUT2D eigenvalue weighted by molar-refractivity contribution is -0.279. The summed E-state index contributed by atoms with van der Waals surface area (Å²) in [6.45, 7) is 10.00. The van der Waals surface area contributed by atoms with E-state index >= 15 is 0 Å². The zero-order valence-corrected chi connectivity index (χ0v) is 22.1. The first-order chi connectivity index (χ1) is 15.2. The summed E-state index contributed by atoms with van der Waals surface area (Å²) < 4.78 is 12.1. The van der Waals surface area contributed by atoms with Crippen molar-refractivity contribution in [3.05, 3.63) is 0 Å². The number of rotatable bonds is 23. The van der Waals surface area contributed by atoms with Gasteiger partial charge in [-0.25, -0.2) is 0 Å². The van der Waals surface area contributed by atoms with Crippen LogP contribution in [0.15, 0.2) is 0 Å². The Morgan fingerprint density at radius 1 is 0.656 bits per heavy atom. The van der Waals surface area contributed by atoms with Crippen molar-refractivity contribution in [1.82, 2.24) is 0 Å². The van der Waals surface area contributed by atoms with Crippen molar-refractivity contribution in [1.29, 1.82) is 0 Å². The van der Waals surface area contributed by atoms with E-state index in [4.69, 9.17) is 20.9 Å². The van der Waals surface area contributed by atoms with E-state index in [1.165, 1.54) is 89.9 Å². The highest BCUT2D eigenvalue weighted by molar-refractivity contribution is 5.80. The Morgan fingerprint density at radius 2 is 0.969 bits per heavy atom. The third-order valence-electron chi connectivity index (χ3n) is 6.03. The minimum atomic E-state index is -1.13. The van der Waals surface area contributed by atoms with Gasteiger partial charge in [-0.05, 0) is 34.1 Å². The van der Waals surface area contributed by atoms with Crippen molar-refractivity contribution < 1.29 is 14.3 Å². The van der Waals surface area contributed by atoms with Crippen molar-refractivity contribution in [2.24, 2.45) is 11.5 Å². The fourth-order valence-electron chi connectivity index (χ4n) is 4.38. The molecule has 5 heteroatoms. The third-order valence-corrected chi connectivity index (χ3v) is 6.03. The summed E-state index contributed by atoms with van der Waals surface area (Å²) in [5.74, 6) is -1.72. The molecule has 0 bridgehead atoms. The van der Waals surface area contributed by atoms with E-state index in [1.807, 2.05) is 27.7 Å². The van der Waals surface area contributed by atoms with Gasteiger partial charge in [0.1, 0.15) is 6.04 Å². The Bertz CT molecular complexity index is 431. The van der Waals surface area contributed by atoms with Crippen LogP contribution in [0.3, 0.4) is 0 Å². The molecule has 1 amide bonds. The minimum Gasteiger partial charge on any atom is -0.368 e. The van der Waals surface area contributed by atoms with Crippen LogP contribution in [0.1, 0.15) is 144 Å². The molecule has 0 aromatic rings. The van der Waals surface area contributed by atoms with Crippen molar-refractivity contribution in [3.63, 3.8) is 0 Å². The van der Waals surface area contributed by atoms with Gasteiger partial charge in [0.15, 0.2) is 5.79 Å². The van der Waals surface area contributed by atoms with Crippen molar-refractivity contribution in [2.75, 3.05) is 0 Å². The predicted octanol–water partition coefficient (Wildman–Crippen LogP) is 7.00. The van der Waals surface area contributed by atoms with Crippen LogP contribution in [-0.4, -0.2) is 29.9 Å². The number of primary amides is 1. The number of hydrogen-bond donors (Lipinski definition) is 2. The van der Waals surface area contributed by atoms with Crippen LogP contribution in [0.25, 0.3) is 0 Å². The molecule has 0 aromatic heterocycles. The van der Waals surface area contributed by atoms with E-state index in [1.54, 1.807) is 0 Å². The Hall–Kier alpha value is -0.650. The van der Waals surface area contributed by atoms with E-state index in [-0.39, 0.29) is 12.2 Å². The molecule has 192 valence electrons. The van der Waals surface area contributed by atoms with Gasteiger partial charge >= 0.3 is 0 Å². The number of carbonyl (C=O) groups excluding carboxylic acids is 1. The van der Waals surface area contributed by atoms with Crippen LogP contribution in [0.5, 0.6) is 0 Å². The average Bonchev–Trinajstić information content (AvgIpc) is 2.71. The summed E-state index contributed by atoms with van der Waals surface area (Å²) in [7, 11) is 0. The van der Waals surface area contributed by atoms with E-state index < -0.39 is 17.7 Å². The molecule has 0 rings (SSSR count). The summed E-state index contributed by atoms with van der Waals surface area (Å²) in [4.78, 5) is 11.8. The van der Waals surface area contributed by atoms with E-state index in [9.17, 15) is 4.79 Å². The smallest absolute Gasteiger partial charge is 0.239 e. The van der Waals surface area contributed by atoms with Crippen LogP contribution in [0.4, 0.5) is 0 Å². The maximum atomic E-state index is 11.8. The average molecular weight is 457 g/mol. The van der Waals surface area contributed by atoms with Crippen molar-refractivity contribution in [3.8, 4) is 0 Å².